The molecule has 14 rings (SSSR count). The Morgan fingerprint density at radius 2 is 0.733 bits per heavy atom. The highest BCUT2D eigenvalue weighted by Gasteiger charge is 2.46. The van der Waals surface area contributed by atoms with Gasteiger partial charge < -0.3 is 23.7 Å². The molecule has 0 bridgehead atoms. The summed E-state index contributed by atoms with van der Waals surface area (Å²) in [5.41, 5.74) is 26.5. The minimum Gasteiger partial charge on any atom is -0.456 e. The van der Waals surface area contributed by atoms with Crippen molar-refractivity contribution in [2.24, 2.45) is 0 Å². The highest BCUT2D eigenvalue weighted by atomic mass is 16.3. The molecule has 10 aromatic carbocycles. The van der Waals surface area contributed by atoms with E-state index in [1.165, 1.54) is 66.1 Å². The maximum absolute atomic E-state index is 7.65. The quantitative estimate of drug-likeness (QED) is 0.155. The van der Waals surface area contributed by atoms with Crippen LogP contribution in [-0.2, 0) is 32.5 Å². The normalized spacial score (nSPS) is 13.8. The summed E-state index contributed by atoms with van der Waals surface area (Å²) < 4.78 is 10.2. The number of fused-ring (bicyclic) bond motifs is 11. The number of hydrogen-bond donors (Lipinski definition) is 0. The second-order valence-corrected chi connectivity index (χ2v) is 32.0. The first-order valence-electron chi connectivity index (χ1n) is 32.6. The second-order valence-electron chi connectivity index (χ2n) is 32.0. The first-order valence-corrected chi connectivity index (χ1v) is 32.6. The van der Waals surface area contributed by atoms with Gasteiger partial charge in [-0.25, -0.2) is 0 Å². The zero-order valence-corrected chi connectivity index (χ0v) is 56.3. The molecule has 4 heterocycles. The van der Waals surface area contributed by atoms with Crippen molar-refractivity contribution >= 4 is 118 Å². The summed E-state index contributed by atoms with van der Waals surface area (Å²) in [5, 5.41) is 4.71. The molecule has 0 amide bonds. The van der Waals surface area contributed by atoms with Gasteiger partial charge in [0.2, 0.25) is 0 Å². The molecular weight excluding hydrogens is 1090 g/mol. The van der Waals surface area contributed by atoms with Gasteiger partial charge in [-0.2, -0.15) is 0 Å². The molecule has 2 aliphatic rings. The second kappa shape index (κ2) is 20.4. The minimum atomic E-state index is -0.241. The van der Waals surface area contributed by atoms with Gasteiger partial charge in [0.25, 0.3) is 6.71 Å². The predicted molar refractivity (Wildman–Crippen MR) is 389 cm³/mol. The highest BCUT2D eigenvalue weighted by Crippen LogP contribution is 2.51. The third kappa shape index (κ3) is 9.74. The van der Waals surface area contributed by atoms with Gasteiger partial charge in [0.05, 0.1) is 22.1 Å². The Balaban J connectivity index is 1.10. The zero-order valence-electron chi connectivity index (χ0n) is 56.3. The summed E-state index contributed by atoms with van der Waals surface area (Å²) in [7, 11) is 0. The van der Waals surface area contributed by atoms with Crippen LogP contribution in [0.4, 0.5) is 51.2 Å². The molecule has 0 radical (unpaired) electrons. The van der Waals surface area contributed by atoms with Crippen LogP contribution in [0.1, 0.15) is 158 Å². The standard InChI is InChI=1S/C84H87BN4O/c1-79(2,3)52-26-36-58(37-27-52)86(59-38-28-53(29-39-59)80(4,5)6)62-44-45-66-71(50-62)87(60-40-30-54(31-41-60)81(7,8)9)69-23-21-24-70-76(69)85(66)77-73(88(70)61-42-32-55(33-43-61)82(10,11)12)51-72(75-63-22-19-20-25-74(63)90-78(75)77)89-67-46-34-56(83(13,14)15)48-64(67)65-49-57(84(16,17)18)35-47-68(65)89/h19-51H,1-18H3. The van der Waals surface area contributed by atoms with Crippen molar-refractivity contribution in [1.82, 2.24) is 4.57 Å². The largest absolute Gasteiger partial charge is 0.456 e. The SMILES string of the molecule is CC(C)(C)c1ccc(N(c2ccc(C(C)(C)C)cc2)c2ccc3c(c2)N(c2ccc(C(C)(C)C)cc2)c2cccc4c2B3c2c(cc(-n3c5ccc(C(C)(C)C)cc5c5cc(C(C)(C)C)ccc53)c3c2oc2ccccc23)N4c2ccc(C(C)(C)C)cc2)cc1. The summed E-state index contributed by atoms with van der Waals surface area (Å²) in [6, 6.07) is 77.1. The zero-order chi connectivity index (χ0) is 63.5. The van der Waals surface area contributed by atoms with E-state index in [0.29, 0.717) is 0 Å². The van der Waals surface area contributed by atoms with Crippen LogP contribution in [0.15, 0.2) is 205 Å². The van der Waals surface area contributed by atoms with Crippen LogP contribution in [0.3, 0.4) is 0 Å². The summed E-state index contributed by atoms with van der Waals surface area (Å²) in [6.45, 7) is 41.3. The average molecular weight is 1180 g/mol. The van der Waals surface area contributed by atoms with Gasteiger partial charge in [-0.15, -0.1) is 0 Å². The highest BCUT2D eigenvalue weighted by molar-refractivity contribution is 7.01. The molecule has 452 valence electrons. The molecule has 0 spiro atoms. The van der Waals surface area contributed by atoms with Crippen LogP contribution < -0.4 is 31.1 Å². The number of nitrogens with zero attached hydrogens (tertiary/aromatic N) is 4. The minimum absolute atomic E-state index is 0.00233. The van der Waals surface area contributed by atoms with Crippen LogP contribution in [-0.4, -0.2) is 11.3 Å². The molecule has 0 saturated heterocycles. The fourth-order valence-electron chi connectivity index (χ4n) is 14.2. The Morgan fingerprint density at radius 3 is 1.19 bits per heavy atom. The molecule has 2 aliphatic heterocycles. The van der Waals surface area contributed by atoms with Gasteiger partial charge in [0.15, 0.2) is 0 Å². The molecule has 2 aromatic heterocycles. The molecule has 5 nitrogen and oxygen atoms in total. The lowest BCUT2D eigenvalue weighted by Gasteiger charge is -2.44. The van der Waals surface area contributed by atoms with Crippen molar-refractivity contribution in [1.29, 1.82) is 0 Å². The topological polar surface area (TPSA) is 27.8 Å². The average Bonchev–Trinajstić information content (AvgIpc) is 1.20. The summed E-state index contributed by atoms with van der Waals surface area (Å²) in [5.74, 6) is 0. The van der Waals surface area contributed by atoms with Crippen LogP contribution in [0, 0.1) is 0 Å². The maximum atomic E-state index is 7.65. The monoisotopic (exact) mass is 1180 g/mol. The van der Waals surface area contributed by atoms with Crippen molar-refractivity contribution in [2.45, 2.75) is 157 Å². The lowest BCUT2D eigenvalue weighted by molar-refractivity contribution is 0.590. The van der Waals surface area contributed by atoms with Gasteiger partial charge in [0, 0.05) is 67.3 Å². The van der Waals surface area contributed by atoms with E-state index < -0.39 is 0 Å². The van der Waals surface area contributed by atoms with Crippen molar-refractivity contribution in [2.75, 3.05) is 14.7 Å². The third-order valence-electron chi connectivity index (χ3n) is 19.5. The molecule has 0 N–H and O–H groups in total. The summed E-state index contributed by atoms with van der Waals surface area (Å²) >= 11 is 0. The number of benzene rings is 10. The molecule has 90 heavy (non-hydrogen) atoms. The van der Waals surface area contributed by atoms with Crippen LogP contribution >= 0.6 is 0 Å². The number of furan rings is 1. The molecule has 0 aliphatic carbocycles. The van der Waals surface area contributed by atoms with E-state index in [9.17, 15) is 0 Å². The number of aromatic nitrogens is 1. The number of hydrogen-bond acceptors (Lipinski definition) is 4. The third-order valence-corrected chi connectivity index (χ3v) is 19.5. The number of anilines is 9. The molecule has 6 heteroatoms. The molecule has 12 aromatic rings. The van der Waals surface area contributed by atoms with Gasteiger partial charge in [-0.3, -0.25) is 0 Å². The Kier molecular flexibility index (Phi) is 13.3. The van der Waals surface area contributed by atoms with Crippen molar-refractivity contribution in [3.63, 3.8) is 0 Å². The number of para-hydroxylation sites is 1. The first-order chi connectivity index (χ1) is 42.4. The van der Waals surface area contributed by atoms with E-state index in [1.54, 1.807) is 0 Å². The van der Waals surface area contributed by atoms with Crippen LogP contribution in [0.5, 0.6) is 0 Å². The Bertz CT molecular complexity index is 4680. The van der Waals surface area contributed by atoms with E-state index in [1.807, 2.05) is 0 Å². The predicted octanol–water partition coefficient (Wildman–Crippen LogP) is 22.0. The number of rotatable bonds is 6. The van der Waals surface area contributed by atoms with Gasteiger partial charge in [-0.1, -0.05) is 216 Å². The molecule has 0 fully saturated rings. The lowest BCUT2D eigenvalue weighted by atomic mass is 9.33. The van der Waals surface area contributed by atoms with E-state index in [0.717, 1.165) is 84.3 Å². The summed E-state index contributed by atoms with van der Waals surface area (Å²) in [4.78, 5) is 7.56. The molecule has 0 unspecified atom stereocenters. The molecule has 0 saturated carbocycles. The fraction of sp³-hybridized carbons (Fsp3) is 0.286. The van der Waals surface area contributed by atoms with Crippen LogP contribution in [0.2, 0.25) is 0 Å². The van der Waals surface area contributed by atoms with Crippen molar-refractivity contribution in [3.8, 4) is 5.69 Å². The van der Waals surface area contributed by atoms with E-state index >= 15 is 0 Å². The molecular formula is C84H87BN4O. The van der Waals surface area contributed by atoms with Gasteiger partial charge >= 0.3 is 0 Å². The smallest absolute Gasteiger partial charge is 0.257 e. The first kappa shape index (κ1) is 58.9. The van der Waals surface area contributed by atoms with E-state index in [2.05, 4.69) is 344 Å². The lowest BCUT2D eigenvalue weighted by Crippen LogP contribution is -2.61. The van der Waals surface area contributed by atoms with Crippen molar-refractivity contribution < 1.29 is 4.42 Å². The summed E-state index contributed by atoms with van der Waals surface area (Å²) in [6.07, 6.45) is 0. The van der Waals surface area contributed by atoms with Crippen molar-refractivity contribution in [3.05, 3.63) is 234 Å². The Hall–Kier alpha value is -8.74. The van der Waals surface area contributed by atoms with E-state index in [-0.39, 0.29) is 39.2 Å². The fourth-order valence-corrected chi connectivity index (χ4v) is 14.2. The Morgan fingerprint density at radius 1 is 0.322 bits per heavy atom. The van der Waals surface area contributed by atoms with Gasteiger partial charge in [-0.05, 0) is 191 Å². The molecule has 0 atom stereocenters. The Labute approximate surface area is 535 Å². The van der Waals surface area contributed by atoms with Crippen LogP contribution in [0.25, 0.3) is 49.4 Å². The maximum Gasteiger partial charge on any atom is 0.257 e. The van der Waals surface area contributed by atoms with E-state index in [4.69, 9.17) is 4.42 Å². The van der Waals surface area contributed by atoms with Gasteiger partial charge in [0.1, 0.15) is 11.2 Å².